The van der Waals surface area contributed by atoms with Crippen molar-refractivity contribution in [2.75, 3.05) is 31.6 Å². The Bertz CT molecular complexity index is 853. The van der Waals surface area contributed by atoms with Gasteiger partial charge in [-0.05, 0) is 30.7 Å². The van der Waals surface area contributed by atoms with Gasteiger partial charge in [-0.2, -0.15) is 4.31 Å². The molecule has 1 aromatic rings. The second kappa shape index (κ2) is 6.98. The van der Waals surface area contributed by atoms with E-state index in [4.69, 9.17) is 0 Å². The Morgan fingerprint density at radius 2 is 1.96 bits per heavy atom. The van der Waals surface area contributed by atoms with Crippen LogP contribution >= 0.6 is 11.3 Å². The van der Waals surface area contributed by atoms with Crippen LogP contribution in [0, 0.1) is 0 Å². The van der Waals surface area contributed by atoms with Crippen LogP contribution in [0.2, 0.25) is 0 Å². The molecular formula is C15H22N2O5S3. The SMILES string of the molecule is CN(C(=O)c1sccc1S(=O)(=O)N1CCCCC1)C1CCS(=O)(=O)C1. The monoisotopic (exact) mass is 406 g/mol. The van der Waals surface area contributed by atoms with Crippen LogP contribution in [0.15, 0.2) is 16.3 Å². The number of carbonyl (C=O) groups excluding carboxylic acids is 1. The van der Waals surface area contributed by atoms with Gasteiger partial charge in [0.1, 0.15) is 9.77 Å². The first-order valence-electron chi connectivity index (χ1n) is 8.27. The Labute approximate surface area is 152 Å². The van der Waals surface area contributed by atoms with E-state index in [1.54, 1.807) is 12.4 Å². The van der Waals surface area contributed by atoms with E-state index in [2.05, 4.69) is 0 Å². The number of sulfonamides is 1. The van der Waals surface area contributed by atoms with Gasteiger partial charge in [0.2, 0.25) is 10.0 Å². The van der Waals surface area contributed by atoms with Gasteiger partial charge in [0.25, 0.3) is 5.91 Å². The molecule has 1 atom stereocenters. The number of amides is 1. The average molecular weight is 407 g/mol. The smallest absolute Gasteiger partial charge is 0.265 e. The van der Waals surface area contributed by atoms with Gasteiger partial charge in [0.15, 0.2) is 9.84 Å². The van der Waals surface area contributed by atoms with Gasteiger partial charge in [0.05, 0.1) is 11.5 Å². The van der Waals surface area contributed by atoms with Crippen molar-refractivity contribution < 1.29 is 21.6 Å². The fraction of sp³-hybridized carbons (Fsp3) is 0.667. The average Bonchev–Trinajstić information content (AvgIpc) is 3.21. The fourth-order valence-electron chi connectivity index (χ4n) is 3.31. The first-order valence-corrected chi connectivity index (χ1v) is 12.4. The van der Waals surface area contributed by atoms with Gasteiger partial charge in [-0.25, -0.2) is 16.8 Å². The van der Waals surface area contributed by atoms with Crippen molar-refractivity contribution in [2.24, 2.45) is 0 Å². The molecule has 0 N–H and O–H groups in total. The minimum atomic E-state index is -3.70. The lowest BCUT2D eigenvalue weighted by Crippen LogP contribution is -2.39. The molecule has 140 valence electrons. The second-order valence-electron chi connectivity index (χ2n) is 6.55. The molecule has 0 radical (unpaired) electrons. The van der Waals surface area contributed by atoms with Gasteiger partial charge < -0.3 is 4.90 Å². The van der Waals surface area contributed by atoms with E-state index < -0.39 is 31.8 Å². The largest absolute Gasteiger partial charge is 0.337 e. The number of thiophene rings is 1. The van der Waals surface area contributed by atoms with Gasteiger partial charge in [-0.1, -0.05) is 6.42 Å². The molecule has 25 heavy (non-hydrogen) atoms. The summed E-state index contributed by atoms with van der Waals surface area (Å²) in [6.45, 7) is 0.949. The van der Waals surface area contributed by atoms with Crippen LogP contribution in [-0.4, -0.2) is 69.6 Å². The van der Waals surface area contributed by atoms with Crippen LogP contribution in [0.5, 0.6) is 0 Å². The van der Waals surface area contributed by atoms with Crippen molar-refractivity contribution in [2.45, 2.75) is 36.6 Å². The van der Waals surface area contributed by atoms with E-state index >= 15 is 0 Å². The number of nitrogens with zero attached hydrogens (tertiary/aromatic N) is 2. The van der Waals surface area contributed by atoms with Crippen LogP contribution in [0.4, 0.5) is 0 Å². The third-order valence-corrected chi connectivity index (χ3v) is 9.56. The molecule has 3 rings (SSSR count). The molecule has 0 bridgehead atoms. The molecule has 0 saturated carbocycles. The summed E-state index contributed by atoms with van der Waals surface area (Å²) in [5, 5.41) is 1.60. The summed E-state index contributed by atoms with van der Waals surface area (Å²) >= 11 is 1.09. The summed E-state index contributed by atoms with van der Waals surface area (Å²) in [5.74, 6) is -0.416. The lowest BCUT2D eigenvalue weighted by Gasteiger charge is -2.27. The molecule has 2 aliphatic heterocycles. The maximum atomic E-state index is 12.9. The Hall–Kier alpha value is -0.970. The van der Waals surface area contributed by atoms with E-state index in [9.17, 15) is 21.6 Å². The molecule has 0 spiro atoms. The Morgan fingerprint density at radius 1 is 1.28 bits per heavy atom. The third kappa shape index (κ3) is 3.76. The molecule has 2 saturated heterocycles. The van der Waals surface area contributed by atoms with Crippen LogP contribution < -0.4 is 0 Å². The summed E-state index contributed by atoms with van der Waals surface area (Å²) < 4.78 is 50.5. The predicted molar refractivity (Wildman–Crippen MR) is 96.1 cm³/mol. The highest BCUT2D eigenvalue weighted by molar-refractivity contribution is 7.91. The Morgan fingerprint density at radius 3 is 2.56 bits per heavy atom. The van der Waals surface area contributed by atoms with E-state index in [1.165, 1.54) is 15.3 Å². The summed E-state index contributed by atoms with van der Waals surface area (Å²) in [4.78, 5) is 14.4. The van der Waals surface area contributed by atoms with Crippen LogP contribution in [0.1, 0.15) is 35.4 Å². The quantitative estimate of drug-likeness (QED) is 0.749. The van der Waals surface area contributed by atoms with Crippen molar-refractivity contribution in [1.82, 2.24) is 9.21 Å². The summed E-state index contributed by atoms with van der Waals surface area (Å²) in [6, 6.07) is 1.08. The number of hydrogen-bond acceptors (Lipinski definition) is 6. The molecule has 3 heterocycles. The molecule has 10 heteroatoms. The van der Waals surface area contributed by atoms with Gasteiger partial charge in [-0.15, -0.1) is 11.3 Å². The molecule has 1 unspecified atom stereocenters. The lowest BCUT2D eigenvalue weighted by atomic mass is 10.2. The number of rotatable bonds is 4. The molecule has 0 aromatic carbocycles. The molecule has 0 aliphatic carbocycles. The zero-order chi connectivity index (χ0) is 18.2. The maximum absolute atomic E-state index is 12.9. The number of carbonyl (C=O) groups is 1. The highest BCUT2D eigenvalue weighted by Crippen LogP contribution is 2.29. The van der Waals surface area contributed by atoms with Crippen LogP contribution in [-0.2, 0) is 19.9 Å². The summed E-state index contributed by atoms with van der Waals surface area (Å²) in [7, 11) is -5.27. The topological polar surface area (TPSA) is 91.8 Å². The zero-order valence-corrected chi connectivity index (χ0v) is 16.5. The molecule has 1 aromatic heterocycles. The van der Waals surface area contributed by atoms with Crippen LogP contribution in [0.3, 0.4) is 0 Å². The van der Waals surface area contributed by atoms with E-state index in [1.807, 2.05) is 0 Å². The Kier molecular flexibility index (Phi) is 5.25. The van der Waals surface area contributed by atoms with E-state index in [0.29, 0.717) is 19.5 Å². The second-order valence-corrected chi connectivity index (χ2v) is 11.6. The van der Waals surface area contributed by atoms with Crippen molar-refractivity contribution >= 4 is 37.1 Å². The number of piperidine rings is 1. The third-order valence-electron chi connectivity index (χ3n) is 4.83. The first kappa shape index (κ1) is 18.8. The normalized spacial score (nSPS) is 24.3. The first-order chi connectivity index (χ1) is 11.7. The molecular weight excluding hydrogens is 384 g/mol. The van der Waals surface area contributed by atoms with E-state index in [-0.39, 0.29) is 21.3 Å². The summed E-state index contributed by atoms with van der Waals surface area (Å²) in [6.07, 6.45) is 3.06. The highest BCUT2D eigenvalue weighted by Gasteiger charge is 2.36. The van der Waals surface area contributed by atoms with Crippen molar-refractivity contribution in [3.05, 3.63) is 16.3 Å². The molecule has 1 amide bonds. The molecule has 2 fully saturated rings. The predicted octanol–water partition coefficient (Wildman–Crippen LogP) is 1.18. The number of hydrogen-bond donors (Lipinski definition) is 0. The maximum Gasteiger partial charge on any atom is 0.265 e. The molecule has 7 nitrogen and oxygen atoms in total. The number of sulfone groups is 1. The van der Waals surface area contributed by atoms with Gasteiger partial charge in [0, 0.05) is 26.2 Å². The van der Waals surface area contributed by atoms with Crippen molar-refractivity contribution in [1.29, 1.82) is 0 Å². The molecule has 2 aliphatic rings. The van der Waals surface area contributed by atoms with Gasteiger partial charge in [-0.3, -0.25) is 4.79 Å². The van der Waals surface area contributed by atoms with Crippen molar-refractivity contribution in [3.63, 3.8) is 0 Å². The summed E-state index contributed by atoms with van der Waals surface area (Å²) in [5.41, 5.74) is 0. The lowest BCUT2D eigenvalue weighted by molar-refractivity contribution is 0.0749. The Balaban J connectivity index is 1.84. The van der Waals surface area contributed by atoms with Crippen molar-refractivity contribution in [3.8, 4) is 0 Å². The zero-order valence-electron chi connectivity index (χ0n) is 14.0. The standard InChI is InChI=1S/C15H22N2O5S3/c1-16(12-6-10-24(19,20)11-12)15(18)14-13(5-9-23-14)25(21,22)17-7-3-2-4-8-17/h5,9,12H,2-4,6-8,10-11H2,1H3. The minimum absolute atomic E-state index is 0.0390. The minimum Gasteiger partial charge on any atom is -0.337 e. The fourth-order valence-corrected chi connectivity index (χ4v) is 7.98. The van der Waals surface area contributed by atoms with Crippen LogP contribution in [0.25, 0.3) is 0 Å². The van der Waals surface area contributed by atoms with E-state index in [0.717, 1.165) is 30.6 Å². The highest BCUT2D eigenvalue weighted by atomic mass is 32.2. The van der Waals surface area contributed by atoms with Gasteiger partial charge >= 0.3 is 0 Å².